The van der Waals surface area contributed by atoms with Crippen molar-refractivity contribution in [2.75, 3.05) is 0 Å². The van der Waals surface area contributed by atoms with Crippen LogP contribution in [0.1, 0.15) is 18.0 Å². The van der Waals surface area contributed by atoms with Gasteiger partial charge in [-0.05, 0) is 17.7 Å². The minimum Gasteiger partial charge on any atom is -0.481 e. The minimum atomic E-state index is -5.13. The van der Waals surface area contributed by atoms with Crippen LogP contribution in [0.4, 0.5) is 17.6 Å². The second kappa shape index (κ2) is 5.68. The molecule has 1 rings (SSSR count). The van der Waals surface area contributed by atoms with Crippen molar-refractivity contribution in [2.45, 2.75) is 18.6 Å². The second-order valence-corrected chi connectivity index (χ2v) is 3.68. The number of halogens is 4. The SMILES string of the molecule is O=C(O)C[C@@H](NC(=O)C(F)(F)F)c1cccc(F)c1. The van der Waals surface area contributed by atoms with E-state index in [1.165, 1.54) is 17.4 Å². The van der Waals surface area contributed by atoms with Gasteiger partial charge in [-0.2, -0.15) is 13.2 Å². The summed E-state index contributed by atoms with van der Waals surface area (Å²) in [6, 6.07) is 2.89. The summed E-state index contributed by atoms with van der Waals surface area (Å²) in [7, 11) is 0. The Balaban J connectivity index is 2.96. The number of amides is 1. The Morgan fingerprint density at radius 2 is 1.95 bits per heavy atom. The molecule has 1 atom stereocenters. The molecule has 1 aromatic carbocycles. The van der Waals surface area contributed by atoms with Crippen LogP contribution >= 0.6 is 0 Å². The number of carbonyl (C=O) groups excluding carboxylic acids is 1. The molecule has 0 saturated heterocycles. The smallest absolute Gasteiger partial charge is 0.471 e. The molecule has 0 radical (unpaired) electrons. The van der Waals surface area contributed by atoms with E-state index in [1.54, 1.807) is 0 Å². The van der Waals surface area contributed by atoms with E-state index in [4.69, 9.17) is 5.11 Å². The first-order chi connectivity index (χ1) is 8.70. The molecule has 1 aromatic rings. The zero-order valence-corrected chi connectivity index (χ0v) is 9.37. The van der Waals surface area contributed by atoms with Crippen molar-refractivity contribution in [3.05, 3.63) is 35.6 Å². The summed E-state index contributed by atoms with van der Waals surface area (Å²) in [5.41, 5.74) is -0.0556. The molecular formula is C11H9F4NO3. The number of aliphatic carboxylic acids is 1. The van der Waals surface area contributed by atoms with Crippen molar-refractivity contribution in [3.8, 4) is 0 Å². The summed E-state index contributed by atoms with van der Waals surface area (Å²) in [4.78, 5) is 21.4. The van der Waals surface area contributed by atoms with Gasteiger partial charge in [-0.3, -0.25) is 9.59 Å². The normalized spacial score (nSPS) is 12.8. The van der Waals surface area contributed by atoms with Gasteiger partial charge in [0.1, 0.15) is 5.82 Å². The van der Waals surface area contributed by atoms with E-state index in [2.05, 4.69) is 0 Å². The predicted octanol–water partition coefficient (Wildman–Crippen LogP) is 2.02. The van der Waals surface area contributed by atoms with Crippen molar-refractivity contribution in [1.82, 2.24) is 5.32 Å². The Bertz CT molecular complexity index is 487. The largest absolute Gasteiger partial charge is 0.481 e. The number of hydrogen-bond acceptors (Lipinski definition) is 2. The van der Waals surface area contributed by atoms with Crippen molar-refractivity contribution < 1.29 is 32.3 Å². The highest BCUT2D eigenvalue weighted by Gasteiger charge is 2.40. The Hall–Kier alpha value is -2.12. The van der Waals surface area contributed by atoms with Gasteiger partial charge in [0.15, 0.2) is 0 Å². The summed E-state index contributed by atoms with van der Waals surface area (Å²) in [6.07, 6.45) is -5.92. The average Bonchev–Trinajstić information content (AvgIpc) is 2.26. The van der Waals surface area contributed by atoms with Crippen molar-refractivity contribution >= 4 is 11.9 Å². The first-order valence-corrected chi connectivity index (χ1v) is 5.05. The van der Waals surface area contributed by atoms with E-state index in [9.17, 15) is 27.2 Å². The number of carboxylic acids is 1. The van der Waals surface area contributed by atoms with Crippen LogP contribution in [0.5, 0.6) is 0 Å². The molecule has 19 heavy (non-hydrogen) atoms. The maximum absolute atomic E-state index is 13.0. The van der Waals surface area contributed by atoms with Gasteiger partial charge in [0.2, 0.25) is 0 Å². The van der Waals surface area contributed by atoms with Gasteiger partial charge < -0.3 is 10.4 Å². The minimum absolute atomic E-state index is 0.0556. The molecule has 0 heterocycles. The second-order valence-electron chi connectivity index (χ2n) is 3.68. The molecule has 0 aliphatic carbocycles. The summed E-state index contributed by atoms with van der Waals surface area (Å²) >= 11 is 0. The molecule has 0 bridgehead atoms. The van der Waals surface area contributed by atoms with E-state index >= 15 is 0 Å². The van der Waals surface area contributed by atoms with E-state index < -0.39 is 36.3 Å². The monoisotopic (exact) mass is 279 g/mol. The van der Waals surface area contributed by atoms with Crippen LogP contribution < -0.4 is 5.32 Å². The third kappa shape index (κ3) is 4.57. The molecule has 0 aliphatic heterocycles. The number of hydrogen-bond donors (Lipinski definition) is 2. The number of carboxylic acid groups (broad SMARTS) is 1. The molecule has 0 fully saturated rings. The Morgan fingerprint density at radius 3 is 2.42 bits per heavy atom. The van der Waals surface area contributed by atoms with Gasteiger partial charge >= 0.3 is 18.1 Å². The molecule has 0 spiro atoms. The van der Waals surface area contributed by atoms with Crippen LogP contribution in [0.3, 0.4) is 0 Å². The van der Waals surface area contributed by atoms with Crippen LogP contribution in [0, 0.1) is 5.82 Å². The maximum Gasteiger partial charge on any atom is 0.471 e. The fourth-order valence-corrected chi connectivity index (χ4v) is 1.39. The van der Waals surface area contributed by atoms with Gasteiger partial charge in [0, 0.05) is 0 Å². The molecule has 0 aromatic heterocycles. The highest BCUT2D eigenvalue weighted by molar-refractivity contribution is 5.82. The molecular weight excluding hydrogens is 270 g/mol. The lowest BCUT2D eigenvalue weighted by Gasteiger charge is -2.18. The third-order valence-corrected chi connectivity index (χ3v) is 2.19. The van der Waals surface area contributed by atoms with Crippen LogP contribution in [-0.2, 0) is 9.59 Å². The first-order valence-electron chi connectivity index (χ1n) is 5.05. The lowest BCUT2D eigenvalue weighted by atomic mass is 10.0. The molecule has 8 heteroatoms. The zero-order valence-electron chi connectivity index (χ0n) is 9.37. The Kier molecular flexibility index (Phi) is 4.47. The van der Waals surface area contributed by atoms with E-state index in [0.717, 1.165) is 12.1 Å². The Labute approximate surface area is 105 Å². The van der Waals surface area contributed by atoms with Crippen LogP contribution in [0.15, 0.2) is 24.3 Å². The van der Waals surface area contributed by atoms with Crippen molar-refractivity contribution in [2.24, 2.45) is 0 Å². The van der Waals surface area contributed by atoms with Crippen LogP contribution in [-0.4, -0.2) is 23.2 Å². The molecule has 0 unspecified atom stereocenters. The van der Waals surface area contributed by atoms with E-state index in [-0.39, 0.29) is 5.56 Å². The molecule has 0 saturated carbocycles. The lowest BCUT2D eigenvalue weighted by Crippen LogP contribution is -2.39. The van der Waals surface area contributed by atoms with E-state index in [1.807, 2.05) is 0 Å². The maximum atomic E-state index is 13.0. The highest BCUT2D eigenvalue weighted by Crippen LogP contribution is 2.21. The van der Waals surface area contributed by atoms with Gasteiger partial charge in [0.05, 0.1) is 12.5 Å². The van der Waals surface area contributed by atoms with Crippen LogP contribution in [0.25, 0.3) is 0 Å². The van der Waals surface area contributed by atoms with Crippen molar-refractivity contribution in [3.63, 3.8) is 0 Å². The molecule has 104 valence electrons. The fourth-order valence-electron chi connectivity index (χ4n) is 1.39. The first kappa shape index (κ1) is 14.9. The summed E-state index contributed by atoms with van der Waals surface area (Å²) in [5, 5.41) is 10.1. The van der Waals surface area contributed by atoms with Gasteiger partial charge in [-0.25, -0.2) is 4.39 Å². The van der Waals surface area contributed by atoms with E-state index in [0.29, 0.717) is 0 Å². The lowest BCUT2D eigenvalue weighted by molar-refractivity contribution is -0.174. The topological polar surface area (TPSA) is 66.4 Å². The summed E-state index contributed by atoms with van der Waals surface area (Å²) in [6.45, 7) is 0. The van der Waals surface area contributed by atoms with Gasteiger partial charge in [-0.1, -0.05) is 12.1 Å². The standard InChI is InChI=1S/C11H9F4NO3/c12-7-3-1-2-6(4-7)8(5-9(17)18)16-10(19)11(13,14)15/h1-4,8H,5H2,(H,16,19)(H,17,18)/t8-/m1/s1. The molecule has 4 nitrogen and oxygen atoms in total. The Morgan fingerprint density at radius 1 is 1.32 bits per heavy atom. The predicted molar refractivity (Wildman–Crippen MR) is 55.6 cm³/mol. The average molecular weight is 279 g/mol. The van der Waals surface area contributed by atoms with Gasteiger partial charge in [0.25, 0.3) is 0 Å². The number of carbonyl (C=O) groups is 2. The van der Waals surface area contributed by atoms with Crippen molar-refractivity contribution in [1.29, 1.82) is 0 Å². The van der Waals surface area contributed by atoms with Crippen LogP contribution in [0.2, 0.25) is 0 Å². The molecule has 1 amide bonds. The fraction of sp³-hybridized carbons (Fsp3) is 0.273. The summed E-state index contributed by atoms with van der Waals surface area (Å²) < 4.78 is 49.3. The number of nitrogens with one attached hydrogen (secondary N) is 1. The quantitative estimate of drug-likeness (QED) is 0.829. The number of benzene rings is 1. The molecule has 2 N–H and O–H groups in total. The summed E-state index contributed by atoms with van der Waals surface area (Å²) in [5.74, 6) is -4.44. The zero-order chi connectivity index (χ0) is 14.6. The highest BCUT2D eigenvalue weighted by atomic mass is 19.4. The number of alkyl halides is 3. The number of rotatable bonds is 4. The third-order valence-electron chi connectivity index (χ3n) is 2.19. The molecule has 0 aliphatic rings. The van der Waals surface area contributed by atoms with Gasteiger partial charge in [-0.15, -0.1) is 0 Å².